The van der Waals surface area contributed by atoms with Crippen LogP contribution in [-0.2, 0) is 6.42 Å². The van der Waals surface area contributed by atoms with E-state index in [0.717, 1.165) is 17.9 Å². The first kappa shape index (κ1) is 8.31. The molecule has 0 aliphatic carbocycles. The summed E-state index contributed by atoms with van der Waals surface area (Å²) in [6.07, 6.45) is 0.763. The highest BCUT2D eigenvalue weighted by Gasteiger charge is 2.05. The molecule has 2 heterocycles. The van der Waals surface area contributed by atoms with E-state index in [1.54, 1.807) is 18.3 Å². The lowest BCUT2D eigenvalue weighted by Gasteiger charge is -1.90. The number of H-pyrrole nitrogens is 1. The molecule has 2 aromatic rings. The summed E-state index contributed by atoms with van der Waals surface area (Å²) < 4.78 is 0. The van der Waals surface area contributed by atoms with Crippen molar-refractivity contribution in [2.75, 3.05) is 0 Å². The average Bonchev–Trinajstić information content (AvgIpc) is 2.64. The van der Waals surface area contributed by atoms with Crippen LogP contribution in [0, 0.1) is 6.92 Å². The number of hydrogen-bond donors (Lipinski definition) is 2. The van der Waals surface area contributed by atoms with Crippen LogP contribution in [0.25, 0.3) is 0 Å². The molecular weight excluding hydrogens is 184 g/mol. The van der Waals surface area contributed by atoms with Crippen molar-refractivity contribution in [3.8, 4) is 5.88 Å². The van der Waals surface area contributed by atoms with Gasteiger partial charge >= 0.3 is 0 Å². The lowest BCUT2D eigenvalue weighted by atomic mass is 10.3. The highest BCUT2D eigenvalue weighted by molar-refractivity contribution is 7.09. The first-order valence-electron chi connectivity index (χ1n) is 4.02. The van der Waals surface area contributed by atoms with Crippen LogP contribution in [0.2, 0.25) is 0 Å². The van der Waals surface area contributed by atoms with Gasteiger partial charge in [-0.1, -0.05) is 6.07 Å². The Bertz CT molecular complexity index is 372. The van der Waals surface area contributed by atoms with Crippen molar-refractivity contribution in [1.29, 1.82) is 0 Å². The maximum atomic E-state index is 9.23. The Hall–Kier alpha value is -1.29. The lowest BCUT2D eigenvalue weighted by molar-refractivity contribution is 0.451. The van der Waals surface area contributed by atoms with Gasteiger partial charge in [0.2, 0.25) is 5.88 Å². The predicted molar refractivity (Wildman–Crippen MR) is 52.1 cm³/mol. The van der Waals surface area contributed by atoms with Gasteiger partial charge in [0.15, 0.2) is 0 Å². The fourth-order valence-corrected chi connectivity index (χ4v) is 1.88. The molecule has 0 spiro atoms. The molecule has 0 atom stereocenters. The van der Waals surface area contributed by atoms with Crippen molar-refractivity contribution in [3.05, 3.63) is 33.9 Å². The standard InChI is InChI=1S/C9H10N2OS/c1-6-9(12)11-8(10-6)5-7-3-2-4-13-7/h2-4,12H,5H2,1H3,(H,10,11). The van der Waals surface area contributed by atoms with Gasteiger partial charge in [0.05, 0.1) is 5.69 Å². The van der Waals surface area contributed by atoms with Gasteiger partial charge < -0.3 is 10.1 Å². The third-order valence-electron chi connectivity index (χ3n) is 1.83. The van der Waals surface area contributed by atoms with Gasteiger partial charge in [0.25, 0.3) is 0 Å². The van der Waals surface area contributed by atoms with Crippen molar-refractivity contribution in [2.24, 2.45) is 0 Å². The van der Waals surface area contributed by atoms with E-state index in [4.69, 9.17) is 0 Å². The molecule has 0 saturated heterocycles. The smallest absolute Gasteiger partial charge is 0.232 e. The van der Waals surface area contributed by atoms with Gasteiger partial charge in [-0.05, 0) is 18.4 Å². The Morgan fingerprint density at radius 2 is 2.46 bits per heavy atom. The summed E-state index contributed by atoms with van der Waals surface area (Å²) in [6.45, 7) is 1.81. The Balaban J connectivity index is 2.19. The Morgan fingerprint density at radius 1 is 1.62 bits per heavy atom. The third-order valence-corrected chi connectivity index (χ3v) is 2.71. The number of nitrogens with one attached hydrogen (secondary N) is 1. The Kier molecular flexibility index (Phi) is 2.06. The minimum Gasteiger partial charge on any atom is -0.492 e. The number of aromatic nitrogens is 2. The lowest BCUT2D eigenvalue weighted by Crippen LogP contribution is -1.86. The van der Waals surface area contributed by atoms with Gasteiger partial charge in [-0.25, -0.2) is 0 Å². The third kappa shape index (κ3) is 1.72. The van der Waals surface area contributed by atoms with Gasteiger partial charge in [-0.2, -0.15) is 4.98 Å². The molecule has 4 heteroatoms. The maximum absolute atomic E-state index is 9.23. The van der Waals surface area contributed by atoms with E-state index < -0.39 is 0 Å². The summed E-state index contributed by atoms with van der Waals surface area (Å²) in [5.74, 6) is 0.920. The summed E-state index contributed by atoms with van der Waals surface area (Å²) >= 11 is 1.69. The van der Waals surface area contributed by atoms with Crippen LogP contribution in [0.1, 0.15) is 16.4 Å². The van der Waals surface area contributed by atoms with E-state index in [1.165, 1.54) is 4.88 Å². The van der Waals surface area contributed by atoms with Gasteiger partial charge in [0.1, 0.15) is 5.82 Å². The van der Waals surface area contributed by atoms with Crippen molar-refractivity contribution >= 4 is 11.3 Å². The Labute approximate surface area is 80.1 Å². The predicted octanol–water partition coefficient (Wildman–Crippen LogP) is 2.08. The summed E-state index contributed by atoms with van der Waals surface area (Å²) in [4.78, 5) is 8.26. The number of thiophene rings is 1. The van der Waals surface area contributed by atoms with Crippen molar-refractivity contribution in [1.82, 2.24) is 9.97 Å². The molecule has 68 valence electrons. The molecule has 0 aliphatic heterocycles. The van der Waals surface area contributed by atoms with Crippen LogP contribution in [0.15, 0.2) is 17.5 Å². The number of imidazole rings is 1. The summed E-state index contributed by atoms with van der Waals surface area (Å²) in [6, 6.07) is 4.06. The van der Waals surface area contributed by atoms with Crippen LogP contribution in [0.5, 0.6) is 5.88 Å². The molecule has 3 nitrogen and oxygen atoms in total. The van der Waals surface area contributed by atoms with E-state index in [0.29, 0.717) is 0 Å². The zero-order valence-electron chi connectivity index (χ0n) is 7.24. The number of hydrogen-bond acceptors (Lipinski definition) is 3. The first-order valence-corrected chi connectivity index (χ1v) is 4.90. The molecule has 2 aromatic heterocycles. The van der Waals surface area contributed by atoms with Crippen LogP contribution in [0.4, 0.5) is 0 Å². The fourth-order valence-electron chi connectivity index (χ4n) is 1.17. The number of rotatable bonds is 2. The summed E-state index contributed by atoms with van der Waals surface area (Å²) in [7, 11) is 0. The van der Waals surface area contributed by atoms with Crippen LogP contribution in [-0.4, -0.2) is 15.1 Å². The second-order valence-corrected chi connectivity index (χ2v) is 3.92. The molecule has 0 unspecified atom stereocenters. The van der Waals surface area contributed by atoms with Crippen LogP contribution >= 0.6 is 11.3 Å². The number of aromatic amines is 1. The second kappa shape index (κ2) is 3.22. The molecule has 0 amide bonds. The van der Waals surface area contributed by atoms with E-state index in [-0.39, 0.29) is 5.88 Å². The highest BCUT2D eigenvalue weighted by atomic mass is 32.1. The minimum atomic E-state index is 0.103. The average molecular weight is 194 g/mol. The molecule has 2 N–H and O–H groups in total. The number of nitrogens with zero attached hydrogens (tertiary/aromatic N) is 1. The van der Waals surface area contributed by atoms with Gasteiger partial charge in [0, 0.05) is 11.3 Å². The zero-order chi connectivity index (χ0) is 9.26. The molecule has 13 heavy (non-hydrogen) atoms. The SMILES string of the molecule is Cc1[nH]c(Cc2cccs2)nc1O. The fraction of sp³-hybridized carbons (Fsp3) is 0.222. The largest absolute Gasteiger partial charge is 0.492 e. The van der Waals surface area contributed by atoms with Crippen LogP contribution < -0.4 is 0 Å². The van der Waals surface area contributed by atoms with E-state index >= 15 is 0 Å². The number of aromatic hydroxyl groups is 1. The monoisotopic (exact) mass is 194 g/mol. The Morgan fingerprint density at radius 3 is 3.00 bits per heavy atom. The van der Waals surface area contributed by atoms with Gasteiger partial charge in [-0.3, -0.25) is 0 Å². The van der Waals surface area contributed by atoms with E-state index in [1.807, 2.05) is 11.4 Å². The van der Waals surface area contributed by atoms with Crippen LogP contribution in [0.3, 0.4) is 0 Å². The second-order valence-electron chi connectivity index (χ2n) is 2.89. The molecule has 0 radical (unpaired) electrons. The minimum absolute atomic E-state index is 0.103. The van der Waals surface area contributed by atoms with Crippen molar-refractivity contribution in [2.45, 2.75) is 13.3 Å². The normalized spacial score (nSPS) is 10.5. The topological polar surface area (TPSA) is 48.9 Å². The first-order chi connectivity index (χ1) is 6.25. The number of aryl methyl sites for hydroxylation is 1. The van der Waals surface area contributed by atoms with Gasteiger partial charge in [-0.15, -0.1) is 11.3 Å². The zero-order valence-corrected chi connectivity index (χ0v) is 8.06. The van der Waals surface area contributed by atoms with Crippen molar-refractivity contribution < 1.29 is 5.11 Å². The molecule has 0 bridgehead atoms. The molecule has 0 aliphatic rings. The molecule has 0 fully saturated rings. The van der Waals surface area contributed by atoms with E-state index in [9.17, 15) is 5.11 Å². The van der Waals surface area contributed by atoms with E-state index in [2.05, 4.69) is 16.0 Å². The highest BCUT2D eigenvalue weighted by Crippen LogP contribution is 2.16. The molecule has 0 aromatic carbocycles. The molecular formula is C9H10N2OS. The van der Waals surface area contributed by atoms with Crippen molar-refractivity contribution in [3.63, 3.8) is 0 Å². The quantitative estimate of drug-likeness (QED) is 0.769. The summed E-state index contributed by atoms with van der Waals surface area (Å²) in [5, 5.41) is 11.3. The molecule has 0 saturated carbocycles. The molecule has 2 rings (SSSR count). The summed E-state index contributed by atoms with van der Waals surface area (Å²) in [5.41, 5.74) is 0.728. The maximum Gasteiger partial charge on any atom is 0.232 e.